The van der Waals surface area contributed by atoms with Gasteiger partial charge in [0, 0.05) is 18.7 Å². The van der Waals surface area contributed by atoms with E-state index in [2.05, 4.69) is 4.90 Å². The number of likely N-dealkylation sites (tertiary alicyclic amines) is 1. The molecule has 0 unspecified atom stereocenters. The summed E-state index contributed by atoms with van der Waals surface area (Å²) in [6, 6.07) is 5.38. The van der Waals surface area contributed by atoms with Crippen LogP contribution in [0.5, 0.6) is 0 Å². The molecule has 1 aromatic carbocycles. The molecule has 0 atom stereocenters. The van der Waals surface area contributed by atoms with Gasteiger partial charge in [0.05, 0.1) is 0 Å². The number of benzene rings is 1. The van der Waals surface area contributed by atoms with Crippen molar-refractivity contribution in [2.24, 2.45) is 11.1 Å². The van der Waals surface area contributed by atoms with Gasteiger partial charge in [0.1, 0.15) is 5.82 Å². The quantitative estimate of drug-likeness (QED) is 0.916. The average molecular weight is 276 g/mol. The molecule has 0 aromatic heterocycles. The van der Waals surface area contributed by atoms with E-state index in [1.807, 2.05) is 12.1 Å². The zero-order chi connectivity index (χ0) is 14.0. The van der Waals surface area contributed by atoms with Crippen molar-refractivity contribution in [3.63, 3.8) is 0 Å². The largest absolute Gasteiger partial charge is 0.326 e. The van der Waals surface area contributed by atoms with Crippen molar-refractivity contribution in [1.82, 2.24) is 4.90 Å². The Morgan fingerprint density at radius 2 is 1.80 bits per heavy atom. The summed E-state index contributed by atoms with van der Waals surface area (Å²) in [5.41, 5.74) is 8.07. The second-order valence-corrected chi connectivity index (χ2v) is 6.61. The molecule has 0 radical (unpaired) electrons. The van der Waals surface area contributed by atoms with Crippen LogP contribution in [0.15, 0.2) is 18.2 Å². The maximum absolute atomic E-state index is 13.5. The first-order valence-electron chi connectivity index (χ1n) is 7.91. The molecule has 1 saturated carbocycles. The van der Waals surface area contributed by atoms with Crippen LogP contribution in [0, 0.1) is 11.2 Å². The molecule has 2 N–H and O–H groups in total. The number of rotatable bonds is 3. The maximum atomic E-state index is 13.5. The second kappa shape index (κ2) is 5.82. The smallest absolute Gasteiger partial charge is 0.127 e. The Morgan fingerprint density at radius 1 is 1.10 bits per heavy atom. The van der Waals surface area contributed by atoms with Gasteiger partial charge in [0.2, 0.25) is 0 Å². The molecule has 1 heterocycles. The third-order valence-electron chi connectivity index (χ3n) is 5.32. The summed E-state index contributed by atoms with van der Waals surface area (Å²) in [7, 11) is 0. The van der Waals surface area contributed by atoms with Gasteiger partial charge >= 0.3 is 0 Å². The molecule has 1 spiro atoms. The molecular weight excluding hydrogens is 251 g/mol. The molecule has 2 nitrogen and oxygen atoms in total. The zero-order valence-electron chi connectivity index (χ0n) is 12.2. The van der Waals surface area contributed by atoms with Gasteiger partial charge in [-0.1, -0.05) is 25.0 Å². The van der Waals surface area contributed by atoms with E-state index in [0.717, 1.165) is 6.54 Å². The molecule has 3 heteroatoms. The van der Waals surface area contributed by atoms with E-state index in [1.54, 1.807) is 6.07 Å². The van der Waals surface area contributed by atoms with Gasteiger partial charge in [0.15, 0.2) is 0 Å². The van der Waals surface area contributed by atoms with Crippen molar-refractivity contribution < 1.29 is 4.39 Å². The molecule has 0 bridgehead atoms. The molecule has 1 aromatic rings. The van der Waals surface area contributed by atoms with Crippen molar-refractivity contribution in [3.8, 4) is 0 Å². The fourth-order valence-corrected chi connectivity index (χ4v) is 3.95. The normalized spacial score (nSPS) is 22.5. The monoisotopic (exact) mass is 276 g/mol. The molecule has 3 rings (SSSR count). The van der Waals surface area contributed by atoms with E-state index < -0.39 is 0 Å². The maximum Gasteiger partial charge on any atom is 0.127 e. The molecule has 1 aliphatic heterocycles. The Hall–Kier alpha value is -0.930. The lowest BCUT2D eigenvalue weighted by molar-refractivity contribution is 0.103. The number of hydrogen-bond acceptors (Lipinski definition) is 2. The van der Waals surface area contributed by atoms with Crippen LogP contribution in [0.25, 0.3) is 0 Å². The summed E-state index contributed by atoms with van der Waals surface area (Å²) >= 11 is 0. The van der Waals surface area contributed by atoms with E-state index in [-0.39, 0.29) is 12.4 Å². The summed E-state index contributed by atoms with van der Waals surface area (Å²) < 4.78 is 13.5. The number of piperidine rings is 1. The first kappa shape index (κ1) is 14.0. The van der Waals surface area contributed by atoms with Crippen LogP contribution in [0.2, 0.25) is 0 Å². The van der Waals surface area contributed by atoms with Crippen molar-refractivity contribution in [3.05, 3.63) is 35.1 Å². The fourth-order valence-electron chi connectivity index (χ4n) is 3.95. The van der Waals surface area contributed by atoms with Gasteiger partial charge in [-0.25, -0.2) is 4.39 Å². The molecule has 20 heavy (non-hydrogen) atoms. The minimum atomic E-state index is -0.181. The predicted octanol–water partition coefficient (Wildman–Crippen LogP) is 3.44. The van der Waals surface area contributed by atoms with Gasteiger partial charge in [-0.05, 0) is 55.8 Å². The summed E-state index contributed by atoms with van der Waals surface area (Å²) in [4.78, 5) is 2.51. The topological polar surface area (TPSA) is 29.3 Å². The highest BCUT2D eigenvalue weighted by Crippen LogP contribution is 2.46. The highest BCUT2D eigenvalue weighted by Gasteiger charge is 2.36. The van der Waals surface area contributed by atoms with Crippen LogP contribution < -0.4 is 5.73 Å². The highest BCUT2D eigenvalue weighted by molar-refractivity contribution is 5.25. The van der Waals surface area contributed by atoms with E-state index >= 15 is 0 Å². The Balaban J connectivity index is 1.59. The van der Waals surface area contributed by atoms with Crippen molar-refractivity contribution in [2.45, 2.75) is 51.6 Å². The lowest BCUT2D eigenvalue weighted by Crippen LogP contribution is -2.38. The van der Waals surface area contributed by atoms with Crippen LogP contribution in [-0.2, 0) is 13.1 Å². The number of nitrogens with zero attached hydrogens (tertiary/aromatic N) is 1. The van der Waals surface area contributed by atoms with Gasteiger partial charge in [-0.15, -0.1) is 0 Å². The summed E-state index contributed by atoms with van der Waals surface area (Å²) in [5.74, 6) is -0.181. The van der Waals surface area contributed by atoms with Crippen LogP contribution in [0.4, 0.5) is 4.39 Å². The Morgan fingerprint density at radius 3 is 2.45 bits per heavy atom. The third kappa shape index (κ3) is 2.89. The molecule has 1 saturated heterocycles. The number of hydrogen-bond donors (Lipinski definition) is 1. The SMILES string of the molecule is NCc1cc(CN2CCC3(CCCC3)CC2)ccc1F. The van der Waals surface area contributed by atoms with Crippen LogP contribution in [0.1, 0.15) is 49.7 Å². The van der Waals surface area contributed by atoms with E-state index in [4.69, 9.17) is 5.73 Å². The van der Waals surface area contributed by atoms with Crippen molar-refractivity contribution >= 4 is 0 Å². The average Bonchev–Trinajstić information content (AvgIpc) is 2.92. The molecule has 0 amide bonds. The minimum Gasteiger partial charge on any atom is -0.326 e. The molecule has 110 valence electrons. The lowest BCUT2D eigenvalue weighted by atomic mass is 9.77. The van der Waals surface area contributed by atoms with E-state index in [9.17, 15) is 4.39 Å². The van der Waals surface area contributed by atoms with Gasteiger partial charge in [-0.3, -0.25) is 4.90 Å². The Kier molecular flexibility index (Phi) is 4.08. The van der Waals surface area contributed by atoms with Gasteiger partial charge in [0.25, 0.3) is 0 Å². The lowest BCUT2D eigenvalue weighted by Gasteiger charge is -2.39. The zero-order valence-corrected chi connectivity index (χ0v) is 12.2. The standard InChI is InChI=1S/C17H25FN2/c18-16-4-3-14(11-15(16)12-19)13-20-9-7-17(8-10-20)5-1-2-6-17/h3-4,11H,1-2,5-10,12-13,19H2. The second-order valence-electron chi connectivity index (χ2n) is 6.61. The highest BCUT2D eigenvalue weighted by atomic mass is 19.1. The first-order chi connectivity index (χ1) is 9.71. The van der Waals surface area contributed by atoms with Crippen LogP contribution in [-0.4, -0.2) is 18.0 Å². The molecule has 2 fully saturated rings. The van der Waals surface area contributed by atoms with E-state index in [0.29, 0.717) is 11.0 Å². The number of nitrogens with two attached hydrogens (primary N) is 1. The molecular formula is C17H25FN2. The fraction of sp³-hybridized carbons (Fsp3) is 0.647. The van der Waals surface area contributed by atoms with Crippen LogP contribution in [0.3, 0.4) is 0 Å². The third-order valence-corrected chi connectivity index (χ3v) is 5.32. The van der Waals surface area contributed by atoms with Gasteiger partial charge < -0.3 is 5.73 Å². The summed E-state index contributed by atoms with van der Waals surface area (Å²) in [6.07, 6.45) is 8.43. The Bertz CT molecular complexity index is 456. The van der Waals surface area contributed by atoms with Crippen LogP contribution >= 0.6 is 0 Å². The summed E-state index contributed by atoms with van der Waals surface area (Å²) in [6.45, 7) is 3.59. The molecule has 2 aliphatic rings. The van der Waals surface area contributed by atoms with E-state index in [1.165, 1.54) is 57.2 Å². The first-order valence-corrected chi connectivity index (χ1v) is 7.91. The van der Waals surface area contributed by atoms with Crippen molar-refractivity contribution in [2.75, 3.05) is 13.1 Å². The minimum absolute atomic E-state index is 0.181. The van der Waals surface area contributed by atoms with Crippen molar-refractivity contribution in [1.29, 1.82) is 0 Å². The predicted molar refractivity (Wildman–Crippen MR) is 79.7 cm³/mol. The summed E-state index contributed by atoms with van der Waals surface area (Å²) in [5, 5.41) is 0. The molecule has 1 aliphatic carbocycles. The Labute approximate surface area is 121 Å². The number of halogens is 1. The van der Waals surface area contributed by atoms with Gasteiger partial charge in [-0.2, -0.15) is 0 Å².